The number of hydrogen-bond acceptors (Lipinski definition) is 0. The van der Waals surface area contributed by atoms with Gasteiger partial charge in [-0.3, -0.25) is 0 Å². The quantitative estimate of drug-likeness (QED) is 0.132. The molecule has 1 aliphatic carbocycles. The molecule has 0 heterocycles. The Morgan fingerprint density at radius 3 is 2.13 bits per heavy atom. The van der Waals surface area contributed by atoms with Crippen molar-refractivity contribution in [3.05, 3.63) is 110 Å². The number of halogens is 2. The molecule has 4 aromatic carbocycles. The summed E-state index contributed by atoms with van der Waals surface area (Å²) < 4.78 is 0. The molecule has 0 spiro atoms. The van der Waals surface area contributed by atoms with E-state index in [0.717, 1.165) is 6.42 Å². The second-order valence-corrected chi connectivity index (χ2v) is 13.9. The van der Waals surface area contributed by atoms with Crippen molar-refractivity contribution < 1.29 is 20.8 Å². The van der Waals surface area contributed by atoms with E-state index in [1.165, 1.54) is 33.0 Å². The molecule has 5 rings (SSSR count). The van der Waals surface area contributed by atoms with Gasteiger partial charge in [-0.1, -0.05) is 61.1 Å². The molecule has 0 nitrogen and oxygen atoms in total. The first-order chi connectivity index (χ1) is 14.1. The van der Waals surface area contributed by atoms with Gasteiger partial charge < -0.3 is 7.43 Å². The number of hydrogen-bond donors (Lipinski definition) is 0. The van der Waals surface area contributed by atoms with Crippen LogP contribution in [0.5, 0.6) is 0 Å². The van der Waals surface area contributed by atoms with E-state index in [1.807, 2.05) is 6.07 Å². The maximum atomic E-state index is 4.93. The molecule has 0 fully saturated rings. The fourth-order valence-corrected chi connectivity index (χ4v) is 3.07. The molecule has 0 aromatic heterocycles. The largest absolute Gasteiger partial charge is 0.179 e. The summed E-state index contributed by atoms with van der Waals surface area (Å²) in [6.45, 7) is 6.81. The summed E-state index contributed by atoms with van der Waals surface area (Å²) in [5.41, 5.74) is 5.51. The third-order valence-corrected chi connectivity index (χ3v) is 4.16. The Balaban J connectivity index is 0.000000441. The molecule has 5 radical (unpaired) electrons. The molecule has 0 amide bonds. The zero-order valence-electron chi connectivity index (χ0n) is 18.5. The molecule has 0 saturated heterocycles. The average Bonchev–Trinajstić information content (AvgIpc) is 3.33. The van der Waals surface area contributed by atoms with Crippen LogP contribution in [0.1, 0.15) is 11.1 Å². The van der Waals surface area contributed by atoms with Gasteiger partial charge in [0.1, 0.15) is 0 Å². The van der Waals surface area contributed by atoms with Crippen molar-refractivity contribution in [3.8, 4) is 11.1 Å². The van der Waals surface area contributed by atoms with Gasteiger partial charge in [0.25, 0.3) is 0 Å². The second kappa shape index (κ2) is 16.8. The first-order valence-corrected chi connectivity index (χ1v) is 18.8. The molecule has 5 heteroatoms. The molecule has 0 unspecified atom stereocenters. The van der Waals surface area contributed by atoms with Crippen molar-refractivity contribution in [2.24, 2.45) is 0 Å². The van der Waals surface area contributed by atoms with Crippen molar-refractivity contribution in [1.29, 1.82) is 0 Å². The summed E-state index contributed by atoms with van der Waals surface area (Å²) in [7, 11) is 9.99. The SMILES string of the molecule is C[Si](C)C.[CH3-].[Cl][Zr][Cl].[Si].[c-]1cccc2c1Cc1ccccc1-2.c1ccc2[cH-]ccc2c1. The maximum Gasteiger partial charge on any atom is 0 e. The van der Waals surface area contributed by atoms with Crippen molar-refractivity contribution in [1.82, 2.24) is 0 Å². The number of rotatable bonds is 0. The van der Waals surface area contributed by atoms with Crippen molar-refractivity contribution in [3.63, 3.8) is 0 Å². The van der Waals surface area contributed by atoms with E-state index in [2.05, 4.69) is 105 Å². The summed E-state index contributed by atoms with van der Waals surface area (Å²) in [5, 5.41) is 2.66. The van der Waals surface area contributed by atoms with Crippen LogP contribution in [0.2, 0.25) is 19.6 Å². The smallest absolute Gasteiger partial charge is 0 e. The summed E-state index contributed by atoms with van der Waals surface area (Å²) in [6, 6.07) is 32.8. The van der Waals surface area contributed by atoms with E-state index >= 15 is 0 Å². The molecule has 4 aromatic rings. The van der Waals surface area contributed by atoms with Gasteiger partial charge in [-0.25, -0.2) is 0 Å². The summed E-state index contributed by atoms with van der Waals surface area (Å²) >= 11 is -0.826. The van der Waals surface area contributed by atoms with Crippen LogP contribution in [0.25, 0.3) is 21.9 Å². The minimum absolute atomic E-state index is 0. The topological polar surface area (TPSA) is 0 Å². The Bertz CT molecular complexity index is 923. The Kier molecular flexibility index (Phi) is 16.3. The fraction of sp³-hybridized carbons (Fsp3) is 0.154. The van der Waals surface area contributed by atoms with Crippen LogP contribution in [0.4, 0.5) is 0 Å². The van der Waals surface area contributed by atoms with Gasteiger partial charge in [0.2, 0.25) is 0 Å². The normalized spacial score (nSPS) is 9.74. The van der Waals surface area contributed by atoms with Crippen molar-refractivity contribution >= 4 is 47.6 Å². The van der Waals surface area contributed by atoms with Gasteiger partial charge in [-0.2, -0.15) is 47.3 Å². The predicted octanol–water partition coefficient (Wildman–Crippen LogP) is 8.43. The second-order valence-electron chi connectivity index (χ2n) is 7.12. The summed E-state index contributed by atoms with van der Waals surface area (Å²) in [4.78, 5) is 0. The molecule has 0 atom stereocenters. The molecule has 1 aliphatic rings. The van der Waals surface area contributed by atoms with Crippen LogP contribution in [0.15, 0.2) is 84.9 Å². The van der Waals surface area contributed by atoms with E-state index in [0.29, 0.717) is 0 Å². The zero-order valence-corrected chi connectivity index (χ0v) is 24.5. The molecule has 0 aliphatic heterocycles. The van der Waals surface area contributed by atoms with Gasteiger partial charge in [0.15, 0.2) is 0 Å². The molecular weight excluding hydrogens is 531 g/mol. The van der Waals surface area contributed by atoms with Gasteiger partial charge >= 0.3 is 37.9 Å². The maximum absolute atomic E-state index is 4.93. The van der Waals surface area contributed by atoms with Gasteiger partial charge in [-0.15, -0.1) is 35.2 Å². The standard InChI is InChI=1S/C13H9.C9H7.C3H9Si.CH3.2ClH.Si.Zr/c1-3-7-12-10(5-1)9-11-6-2-4-8-13(11)12;1-2-5-9-7-3-6-8(9)4-1;1-4(2)3;;;;;/h1-5,7-8H,9H2;1-7H;1-3H3;1H3;2*1H;;/q2*-1;;-1;;;;+2/p-2. The number of fused-ring (bicyclic) bond motifs is 4. The van der Waals surface area contributed by atoms with Gasteiger partial charge in [0.05, 0.1) is 0 Å². The third-order valence-electron chi connectivity index (χ3n) is 4.16. The monoisotopic (exact) mass is 556 g/mol. The van der Waals surface area contributed by atoms with E-state index in [4.69, 9.17) is 17.0 Å². The van der Waals surface area contributed by atoms with Gasteiger partial charge in [-0.05, 0) is 6.42 Å². The summed E-state index contributed by atoms with van der Waals surface area (Å²) in [6.07, 6.45) is 1.05. The zero-order chi connectivity index (χ0) is 21.1. The van der Waals surface area contributed by atoms with E-state index in [1.54, 1.807) is 0 Å². The van der Waals surface area contributed by atoms with Crippen LogP contribution in [-0.4, -0.2) is 19.8 Å². The van der Waals surface area contributed by atoms with Crippen LogP contribution < -0.4 is 0 Å². The van der Waals surface area contributed by atoms with Crippen LogP contribution in [0.3, 0.4) is 0 Å². The molecule has 0 N–H and O–H groups in total. The van der Waals surface area contributed by atoms with Gasteiger partial charge in [0, 0.05) is 19.8 Å². The van der Waals surface area contributed by atoms with Crippen LogP contribution in [0, 0.1) is 13.5 Å². The number of benzene rings is 3. The minimum atomic E-state index is -0.826. The van der Waals surface area contributed by atoms with E-state index < -0.39 is 20.8 Å². The van der Waals surface area contributed by atoms with Crippen molar-refractivity contribution in [2.75, 3.05) is 0 Å². The predicted molar refractivity (Wildman–Crippen MR) is 140 cm³/mol. The van der Waals surface area contributed by atoms with E-state index in [9.17, 15) is 0 Å². The van der Waals surface area contributed by atoms with Crippen molar-refractivity contribution in [2.45, 2.75) is 26.1 Å². The Labute approximate surface area is 213 Å². The minimum Gasteiger partial charge on any atom is -0.179 e. The van der Waals surface area contributed by atoms with Crippen LogP contribution >= 0.6 is 17.0 Å². The Morgan fingerprint density at radius 2 is 1.45 bits per heavy atom. The summed E-state index contributed by atoms with van der Waals surface area (Å²) in [5.74, 6) is 0. The average molecular weight is 559 g/mol. The Morgan fingerprint density at radius 1 is 0.871 bits per heavy atom. The fourth-order valence-electron chi connectivity index (χ4n) is 3.07. The van der Waals surface area contributed by atoms with E-state index in [-0.39, 0.29) is 27.2 Å². The first kappa shape index (κ1) is 30.2. The Hall–Kier alpha value is -0.833. The molecule has 0 bridgehead atoms. The van der Waals surface area contributed by atoms with Crippen LogP contribution in [-0.2, 0) is 27.3 Å². The molecule has 31 heavy (non-hydrogen) atoms. The molecule has 0 saturated carbocycles. The molecular formula is C26H28Cl2Si2Zr-3. The third kappa shape index (κ3) is 10.1. The first-order valence-electron chi connectivity index (χ1n) is 9.48. The molecule has 161 valence electrons.